The molecular weight excluding hydrogens is 314 g/mol. The van der Waals surface area contributed by atoms with E-state index in [0.717, 1.165) is 12.8 Å². The van der Waals surface area contributed by atoms with Crippen molar-refractivity contribution in [2.45, 2.75) is 43.2 Å². The number of carbonyl (C=O) groups is 1. The molecule has 21 heavy (non-hydrogen) atoms. The average molecular weight is 332 g/mol. The zero-order valence-electron chi connectivity index (χ0n) is 11.7. The molecule has 1 aromatic rings. The Morgan fingerprint density at radius 2 is 2.00 bits per heavy atom. The van der Waals surface area contributed by atoms with E-state index in [0.29, 0.717) is 17.9 Å². The highest BCUT2D eigenvalue weighted by molar-refractivity contribution is 7.89. The van der Waals surface area contributed by atoms with Gasteiger partial charge in [-0.05, 0) is 44.0 Å². The lowest BCUT2D eigenvalue weighted by Crippen LogP contribution is -2.50. The second-order valence-electron chi connectivity index (χ2n) is 5.15. The van der Waals surface area contributed by atoms with Crippen LogP contribution in [0.5, 0.6) is 0 Å². The number of benzene rings is 1. The molecule has 1 aliphatic rings. The van der Waals surface area contributed by atoms with Gasteiger partial charge >= 0.3 is 0 Å². The Labute approximate surface area is 129 Å². The minimum atomic E-state index is -3.63. The van der Waals surface area contributed by atoms with Crippen LogP contribution in [0, 0.1) is 0 Å². The van der Waals surface area contributed by atoms with Crippen LogP contribution >= 0.6 is 11.6 Å². The van der Waals surface area contributed by atoms with E-state index >= 15 is 0 Å². The van der Waals surface area contributed by atoms with E-state index in [-0.39, 0.29) is 23.6 Å². The summed E-state index contributed by atoms with van der Waals surface area (Å²) in [5, 5.41) is 0.487. The lowest BCUT2D eigenvalue weighted by atomic mass is 10.0. The highest BCUT2D eigenvalue weighted by Crippen LogP contribution is 2.30. The van der Waals surface area contributed by atoms with E-state index in [4.69, 9.17) is 16.3 Å². The van der Waals surface area contributed by atoms with Gasteiger partial charge in [0.1, 0.15) is 6.61 Å². The standard InChI is InChI=1S/C14H18ClNO4S/c1-11-3-2-4-13(9-20-10-17)16(11)21(18,19)14-7-5-12(15)6-8-14/h5-8,10-11,13H,2-4,9H2,1H3/t11-,13?/m1/s1. The van der Waals surface area contributed by atoms with E-state index < -0.39 is 10.0 Å². The number of halogens is 1. The van der Waals surface area contributed by atoms with Gasteiger partial charge in [-0.25, -0.2) is 8.42 Å². The first-order valence-electron chi connectivity index (χ1n) is 6.81. The Bertz CT molecular complexity index is 587. The smallest absolute Gasteiger partial charge is 0.293 e. The third-order valence-electron chi connectivity index (χ3n) is 3.70. The molecule has 0 spiro atoms. The first kappa shape index (κ1) is 16.3. The van der Waals surface area contributed by atoms with E-state index in [1.54, 1.807) is 12.1 Å². The van der Waals surface area contributed by atoms with Crippen molar-refractivity contribution in [3.8, 4) is 0 Å². The number of hydrogen-bond donors (Lipinski definition) is 0. The minimum Gasteiger partial charge on any atom is -0.466 e. The molecule has 2 atom stereocenters. The molecule has 0 bridgehead atoms. The van der Waals surface area contributed by atoms with Crippen LogP contribution in [-0.2, 0) is 19.6 Å². The Kier molecular flexibility index (Phi) is 5.24. The quantitative estimate of drug-likeness (QED) is 0.777. The molecule has 0 amide bonds. The molecule has 5 nitrogen and oxygen atoms in total. The molecule has 2 rings (SSSR count). The third-order valence-corrected chi connectivity index (χ3v) is 6.03. The Hall–Kier alpha value is -1.11. The van der Waals surface area contributed by atoms with Crippen molar-refractivity contribution in [2.75, 3.05) is 6.61 Å². The maximum atomic E-state index is 12.8. The summed E-state index contributed by atoms with van der Waals surface area (Å²) in [6.45, 7) is 2.31. The van der Waals surface area contributed by atoms with Crippen LogP contribution in [-0.4, -0.2) is 37.9 Å². The number of hydrogen-bond acceptors (Lipinski definition) is 4. The highest BCUT2D eigenvalue weighted by Gasteiger charge is 2.38. The van der Waals surface area contributed by atoms with Gasteiger partial charge in [-0.2, -0.15) is 4.31 Å². The predicted octanol–water partition coefficient (Wildman–Crippen LogP) is 2.44. The molecule has 0 saturated carbocycles. The van der Waals surface area contributed by atoms with Crippen LogP contribution in [0.4, 0.5) is 0 Å². The number of ether oxygens (including phenoxy) is 1. The fourth-order valence-electron chi connectivity index (χ4n) is 2.73. The first-order valence-corrected chi connectivity index (χ1v) is 8.63. The first-order chi connectivity index (χ1) is 9.96. The number of nitrogens with zero attached hydrogens (tertiary/aromatic N) is 1. The fraction of sp³-hybridized carbons (Fsp3) is 0.500. The van der Waals surface area contributed by atoms with Crippen molar-refractivity contribution < 1.29 is 17.9 Å². The molecular formula is C14H18ClNO4S. The van der Waals surface area contributed by atoms with Crippen molar-refractivity contribution >= 4 is 28.1 Å². The van der Waals surface area contributed by atoms with Crippen LogP contribution in [0.3, 0.4) is 0 Å². The van der Waals surface area contributed by atoms with E-state index in [1.807, 2.05) is 6.92 Å². The van der Waals surface area contributed by atoms with E-state index in [2.05, 4.69) is 0 Å². The SMILES string of the molecule is C[C@@H]1CCCC(COC=O)N1S(=O)(=O)c1ccc(Cl)cc1. The fourth-order valence-corrected chi connectivity index (χ4v) is 4.72. The summed E-state index contributed by atoms with van der Waals surface area (Å²) < 4.78 is 31.9. The summed E-state index contributed by atoms with van der Waals surface area (Å²) in [6.07, 6.45) is 2.40. The topological polar surface area (TPSA) is 63.7 Å². The predicted molar refractivity (Wildman–Crippen MR) is 79.6 cm³/mol. The van der Waals surface area contributed by atoms with Gasteiger partial charge < -0.3 is 4.74 Å². The van der Waals surface area contributed by atoms with E-state index in [9.17, 15) is 13.2 Å². The van der Waals surface area contributed by atoms with Gasteiger partial charge in [0.25, 0.3) is 6.47 Å². The normalized spacial score (nSPS) is 23.7. The molecule has 0 aliphatic carbocycles. The van der Waals surface area contributed by atoms with Crippen LogP contribution in [0.25, 0.3) is 0 Å². The van der Waals surface area contributed by atoms with Gasteiger partial charge in [0, 0.05) is 11.1 Å². The van der Waals surface area contributed by atoms with Crippen LogP contribution in [0.2, 0.25) is 5.02 Å². The van der Waals surface area contributed by atoms with Crippen LogP contribution in [0.1, 0.15) is 26.2 Å². The molecule has 0 aromatic heterocycles. The Morgan fingerprint density at radius 3 is 2.62 bits per heavy atom. The van der Waals surface area contributed by atoms with Crippen molar-refractivity contribution in [1.82, 2.24) is 4.31 Å². The maximum absolute atomic E-state index is 12.8. The summed E-state index contributed by atoms with van der Waals surface area (Å²) in [7, 11) is -3.63. The van der Waals surface area contributed by atoms with Gasteiger partial charge in [0.2, 0.25) is 10.0 Å². The lowest BCUT2D eigenvalue weighted by molar-refractivity contribution is -0.130. The Morgan fingerprint density at radius 1 is 1.33 bits per heavy atom. The summed E-state index contributed by atoms with van der Waals surface area (Å²) in [6, 6.07) is 5.66. The van der Waals surface area contributed by atoms with Crippen LogP contribution in [0.15, 0.2) is 29.2 Å². The molecule has 1 fully saturated rings. The monoisotopic (exact) mass is 331 g/mol. The van der Waals surface area contributed by atoms with Crippen molar-refractivity contribution in [1.29, 1.82) is 0 Å². The maximum Gasteiger partial charge on any atom is 0.293 e. The highest BCUT2D eigenvalue weighted by atomic mass is 35.5. The molecule has 1 unspecified atom stereocenters. The van der Waals surface area contributed by atoms with Crippen LogP contribution < -0.4 is 0 Å². The third kappa shape index (κ3) is 3.56. The van der Waals surface area contributed by atoms with Gasteiger partial charge in [0.05, 0.1) is 10.9 Å². The second-order valence-corrected chi connectivity index (χ2v) is 7.43. The number of sulfonamides is 1. The molecule has 7 heteroatoms. The van der Waals surface area contributed by atoms with E-state index in [1.165, 1.54) is 16.4 Å². The Balaban J connectivity index is 2.33. The molecule has 1 aliphatic heterocycles. The molecule has 116 valence electrons. The molecule has 0 N–H and O–H groups in total. The number of carbonyl (C=O) groups excluding carboxylic acids is 1. The summed E-state index contributed by atoms with van der Waals surface area (Å²) in [5.74, 6) is 0. The van der Waals surface area contributed by atoms with Crippen molar-refractivity contribution in [3.63, 3.8) is 0 Å². The summed E-state index contributed by atoms with van der Waals surface area (Å²) >= 11 is 5.81. The molecule has 0 radical (unpaired) electrons. The van der Waals surface area contributed by atoms with Gasteiger partial charge in [-0.1, -0.05) is 18.0 Å². The average Bonchev–Trinajstić information content (AvgIpc) is 2.45. The summed E-state index contributed by atoms with van der Waals surface area (Å²) in [4.78, 5) is 10.6. The zero-order valence-corrected chi connectivity index (χ0v) is 13.3. The van der Waals surface area contributed by atoms with Crippen molar-refractivity contribution in [2.24, 2.45) is 0 Å². The van der Waals surface area contributed by atoms with Gasteiger partial charge in [-0.3, -0.25) is 4.79 Å². The largest absolute Gasteiger partial charge is 0.466 e. The van der Waals surface area contributed by atoms with Crippen molar-refractivity contribution in [3.05, 3.63) is 29.3 Å². The van der Waals surface area contributed by atoms with Gasteiger partial charge in [0.15, 0.2) is 0 Å². The molecule has 1 aromatic carbocycles. The second kappa shape index (κ2) is 6.77. The zero-order chi connectivity index (χ0) is 15.5. The molecule has 1 heterocycles. The molecule has 1 saturated heterocycles. The number of rotatable bonds is 5. The van der Waals surface area contributed by atoms with Gasteiger partial charge in [-0.15, -0.1) is 0 Å². The summed E-state index contributed by atoms with van der Waals surface area (Å²) in [5.41, 5.74) is 0. The number of piperidine rings is 1. The lowest BCUT2D eigenvalue weighted by Gasteiger charge is -2.38. The minimum absolute atomic E-state index is 0.0840.